The van der Waals surface area contributed by atoms with Crippen molar-refractivity contribution in [3.8, 4) is 5.75 Å². The van der Waals surface area contributed by atoms with Crippen molar-refractivity contribution in [3.63, 3.8) is 0 Å². The van der Waals surface area contributed by atoms with E-state index in [-0.39, 0.29) is 43.3 Å². The Hall–Kier alpha value is -1.95. The zero-order chi connectivity index (χ0) is 16.8. The number of halogens is 2. The van der Waals surface area contributed by atoms with Crippen LogP contribution in [0.2, 0.25) is 0 Å². The van der Waals surface area contributed by atoms with Gasteiger partial charge in [-0.05, 0) is 36.2 Å². The fourth-order valence-corrected chi connectivity index (χ4v) is 3.02. The Morgan fingerprint density at radius 3 is 2.69 bits per heavy atom. The van der Waals surface area contributed by atoms with Crippen molar-refractivity contribution in [2.75, 3.05) is 32.1 Å². The summed E-state index contributed by atoms with van der Waals surface area (Å²) in [5.74, 6) is 0.693. The third-order valence-corrected chi connectivity index (χ3v) is 4.27. The predicted octanol–water partition coefficient (Wildman–Crippen LogP) is 2.95. The summed E-state index contributed by atoms with van der Waals surface area (Å²) in [7, 11) is 1.62. The SMILES string of the molecule is COc1ccccc1NCC(=O)NCC1NCCc2ccccc21.Cl.Cl. The van der Waals surface area contributed by atoms with Gasteiger partial charge >= 0.3 is 0 Å². The summed E-state index contributed by atoms with van der Waals surface area (Å²) in [6, 6.07) is 16.1. The van der Waals surface area contributed by atoms with E-state index in [2.05, 4.69) is 34.1 Å². The normalized spacial score (nSPS) is 14.9. The van der Waals surface area contributed by atoms with Crippen molar-refractivity contribution < 1.29 is 9.53 Å². The average Bonchev–Trinajstić information content (AvgIpc) is 2.64. The lowest BCUT2D eigenvalue weighted by atomic mass is 9.94. The first-order chi connectivity index (χ1) is 11.8. The maximum absolute atomic E-state index is 12.1. The molecule has 0 saturated carbocycles. The summed E-state index contributed by atoms with van der Waals surface area (Å²) in [6.07, 6.45) is 1.04. The van der Waals surface area contributed by atoms with Crippen molar-refractivity contribution in [1.82, 2.24) is 10.6 Å². The molecule has 5 nitrogen and oxygen atoms in total. The average molecular weight is 398 g/mol. The minimum Gasteiger partial charge on any atom is -0.495 e. The molecule has 1 aliphatic rings. The van der Waals surface area contributed by atoms with Gasteiger partial charge in [-0.1, -0.05) is 36.4 Å². The molecule has 1 amide bonds. The maximum atomic E-state index is 12.1. The highest BCUT2D eigenvalue weighted by Gasteiger charge is 2.19. The summed E-state index contributed by atoms with van der Waals surface area (Å²) in [4.78, 5) is 12.1. The molecular weight excluding hydrogens is 373 g/mol. The van der Waals surface area contributed by atoms with Crippen LogP contribution in [0.15, 0.2) is 48.5 Å². The molecule has 1 heterocycles. The summed E-state index contributed by atoms with van der Waals surface area (Å²) in [5, 5.41) is 9.58. The van der Waals surface area contributed by atoms with E-state index < -0.39 is 0 Å². The number of hydrogen-bond acceptors (Lipinski definition) is 4. The van der Waals surface area contributed by atoms with Crippen LogP contribution >= 0.6 is 24.8 Å². The first kappa shape index (κ1) is 22.1. The highest BCUT2D eigenvalue weighted by molar-refractivity contribution is 5.85. The number of carbonyl (C=O) groups excluding carboxylic acids is 1. The van der Waals surface area contributed by atoms with E-state index >= 15 is 0 Å². The Bertz CT molecular complexity index is 713. The van der Waals surface area contributed by atoms with E-state index in [4.69, 9.17) is 4.74 Å². The van der Waals surface area contributed by atoms with Crippen LogP contribution in [0.4, 0.5) is 5.69 Å². The van der Waals surface area contributed by atoms with Gasteiger partial charge in [-0.25, -0.2) is 0 Å². The molecule has 142 valence electrons. The van der Waals surface area contributed by atoms with Crippen LogP contribution in [-0.2, 0) is 11.2 Å². The van der Waals surface area contributed by atoms with E-state index in [0.29, 0.717) is 6.54 Å². The van der Waals surface area contributed by atoms with Crippen molar-refractivity contribution in [3.05, 3.63) is 59.7 Å². The highest BCUT2D eigenvalue weighted by atomic mass is 35.5. The van der Waals surface area contributed by atoms with Gasteiger partial charge in [0.1, 0.15) is 5.75 Å². The smallest absolute Gasteiger partial charge is 0.239 e. The molecule has 7 heteroatoms. The van der Waals surface area contributed by atoms with Crippen molar-refractivity contribution in [2.24, 2.45) is 0 Å². The van der Waals surface area contributed by atoms with Gasteiger partial charge in [0.15, 0.2) is 0 Å². The van der Waals surface area contributed by atoms with Crippen LogP contribution in [0.1, 0.15) is 17.2 Å². The van der Waals surface area contributed by atoms with Crippen LogP contribution in [0.5, 0.6) is 5.75 Å². The topological polar surface area (TPSA) is 62.4 Å². The Morgan fingerprint density at radius 2 is 1.88 bits per heavy atom. The monoisotopic (exact) mass is 397 g/mol. The third-order valence-electron chi connectivity index (χ3n) is 4.27. The Balaban J connectivity index is 0.00000169. The fraction of sp³-hybridized carbons (Fsp3) is 0.316. The van der Waals surface area contributed by atoms with Crippen LogP contribution in [0, 0.1) is 0 Å². The Morgan fingerprint density at radius 1 is 1.15 bits per heavy atom. The number of fused-ring (bicyclic) bond motifs is 1. The largest absolute Gasteiger partial charge is 0.495 e. The summed E-state index contributed by atoms with van der Waals surface area (Å²) in [5.41, 5.74) is 3.46. The third kappa shape index (κ3) is 5.53. The van der Waals surface area contributed by atoms with E-state index in [1.807, 2.05) is 30.3 Å². The number of carbonyl (C=O) groups is 1. The van der Waals surface area contributed by atoms with Crippen molar-refractivity contribution in [2.45, 2.75) is 12.5 Å². The molecule has 0 fully saturated rings. The van der Waals surface area contributed by atoms with Crippen LogP contribution in [0.25, 0.3) is 0 Å². The number of hydrogen-bond donors (Lipinski definition) is 3. The van der Waals surface area contributed by atoms with Gasteiger partial charge in [-0.3, -0.25) is 4.79 Å². The molecule has 0 bridgehead atoms. The number of amides is 1. The first-order valence-corrected chi connectivity index (χ1v) is 8.22. The molecule has 0 radical (unpaired) electrons. The van der Waals surface area contributed by atoms with E-state index in [9.17, 15) is 4.79 Å². The van der Waals surface area contributed by atoms with Gasteiger partial charge in [-0.15, -0.1) is 24.8 Å². The van der Waals surface area contributed by atoms with Gasteiger partial charge in [-0.2, -0.15) is 0 Å². The quantitative estimate of drug-likeness (QED) is 0.700. The van der Waals surface area contributed by atoms with Crippen LogP contribution < -0.4 is 20.7 Å². The van der Waals surface area contributed by atoms with E-state index in [1.165, 1.54) is 11.1 Å². The molecule has 0 aromatic heterocycles. The molecule has 2 aromatic carbocycles. The number of para-hydroxylation sites is 2. The van der Waals surface area contributed by atoms with Crippen molar-refractivity contribution in [1.29, 1.82) is 0 Å². The molecule has 3 N–H and O–H groups in total. The lowest BCUT2D eigenvalue weighted by Crippen LogP contribution is -2.40. The van der Waals surface area contributed by atoms with Gasteiger partial charge in [0.2, 0.25) is 5.91 Å². The molecule has 0 aliphatic carbocycles. The lowest BCUT2D eigenvalue weighted by Gasteiger charge is -2.27. The molecule has 2 aromatic rings. The first-order valence-electron chi connectivity index (χ1n) is 8.22. The minimum atomic E-state index is -0.0363. The number of rotatable bonds is 6. The predicted molar refractivity (Wildman–Crippen MR) is 110 cm³/mol. The summed E-state index contributed by atoms with van der Waals surface area (Å²) in [6.45, 7) is 1.75. The van der Waals surface area contributed by atoms with Crippen LogP contribution in [0.3, 0.4) is 0 Å². The number of benzene rings is 2. The number of ether oxygens (including phenoxy) is 1. The molecular formula is C19H25Cl2N3O2. The van der Waals surface area contributed by atoms with E-state index in [1.54, 1.807) is 7.11 Å². The molecule has 1 unspecified atom stereocenters. The van der Waals surface area contributed by atoms with Gasteiger partial charge in [0.25, 0.3) is 0 Å². The second-order valence-electron chi connectivity index (χ2n) is 5.81. The van der Waals surface area contributed by atoms with Gasteiger partial charge < -0.3 is 20.7 Å². The Kier molecular flexibility index (Phi) is 9.27. The minimum absolute atomic E-state index is 0. The number of anilines is 1. The molecule has 26 heavy (non-hydrogen) atoms. The zero-order valence-electron chi connectivity index (χ0n) is 14.7. The maximum Gasteiger partial charge on any atom is 0.239 e. The van der Waals surface area contributed by atoms with Crippen molar-refractivity contribution >= 4 is 36.4 Å². The lowest BCUT2D eigenvalue weighted by molar-refractivity contribution is -0.119. The molecule has 1 aliphatic heterocycles. The summed E-state index contributed by atoms with van der Waals surface area (Å²) < 4.78 is 5.27. The standard InChI is InChI=1S/C19H23N3O2.2ClH/c1-24-18-9-5-4-8-16(18)21-13-19(23)22-12-17-15-7-3-2-6-14(15)10-11-20-17;;/h2-9,17,20-21H,10-13H2,1H3,(H,22,23);2*1H. The molecule has 0 spiro atoms. The van der Waals surface area contributed by atoms with E-state index in [0.717, 1.165) is 24.4 Å². The molecule has 3 rings (SSSR count). The Labute approximate surface area is 166 Å². The molecule has 0 saturated heterocycles. The molecule has 1 atom stereocenters. The highest BCUT2D eigenvalue weighted by Crippen LogP contribution is 2.23. The number of nitrogens with one attached hydrogen (secondary N) is 3. The zero-order valence-corrected chi connectivity index (χ0v) is 16.3. The van der Waals surface area contributed by atoms with Gasteiger partial charge in [0.05, 0.1) is 19.3 Å². The van der Waals surface area contributed by atoms with Crippen LogP contribution in [-0.4, -0.2) is 32.7 Å². The second kappa shape index (κ2) is 10.9. The van der Waals surface area contributed by atoms with Gasteiger partial charge in [0, 0.05) is 12.6 Å². The fourth-order valence-electron chi connectivity index (χ4n) is 3.02. The summed E-state index contributed by atoms with van der Waals surface area (Å²) >= 11 is 0. The second-order valence-corrected chi connectivity index (χ2v) is 5.81. The number of methoxy groups -OCH3 is 1.